The van der Waals surface area contributed by atoms with E-state index in [4.69, 9.17) is 0 Å². The molecule has 0 aromatic heterocycles. The highest BCUT2D eigenvalue weighted by molar-refractivity contribution is 7.86. The fraction of sp³-hybridized carbons (Fsp3) is 0.500. The molecule has 1 aromatic carbocycles. The van der Waals surface area contributed by atoms with E-state index in [2.05, 4.69) is 4.18 Å². The average Bonchev–Trinajstić information content (AvgIpc) is 2.53. The van der Waals surface area contributed by atoms with E-state index in [0.29, 0.717) is 12.1 Å². The van der Waals surface area contributed by atoms with E-state index in [9.17, 15) is 65.5 Å². The van der Waals surface area contributed by atoms with Gasteiger partial charge in [0.2, 0.25) is 0 Å². The predicted molar refractivity (Wildman–Crippen MR) is 65.5 cm³/mol. The monoisotopic (exact) mass is 476 g/mol. The van der Waals surface area contributed by atoms with E-state index in [0.717, 1.165) is 18.2 Å². The fourth-order valence-corrected chi connectivity index (χ4v) is 2.55. The Hall–Kier alpha value is -1.78. The van der Waals surface area contributed by atoms with Crippen molar-refractivity contribution in [2.75, 3.05) is 0 Å². The molecule has 0 saturated heterocycles. The van der Waals surface area contributed by atoms with Crippen molar-refractivity contribution in [2.45, 2.75) is 40.9 Å². The molecule has 0 unspecified atom stereocenters. The van der Waals surface area contributed by atoms with E-state index in [-0.39, 0.29) is 0 Å². The van der Waals surface area contributed by atoms with E-state index in [1.54, 1.807) is 0 Å². The van der Waals surface area contributed by atoms with Gasteiger partial charge in [-0.15, -0.1) is 0 Å². The van der Waals surface area contributed by atoms with Gasteiger partial charge in [-0.25, -0.2) is 0 Å². The van der Waals surface area contributed by atoms with Crippen LogP contribution >= 0.6 is 0 Å². The highest BCUT2D eigenvalue weighted by Crippen LogP contribution is 2.60. The number of hydrogen-bond donors (Lipinski definition) is 0. The zero-order valence-electron chi connectivity index (χ0n) is 12.9. The Bertz CT molecular complexity index is 830. The molecule has 168 valence electrons. The highest BCUT2D eigenvalue weighted by atomic mass is 32.2. The normalized spacial score (nSPS) is 15.5. The van der Waals surface area contributed by atoms with Crippen molar-refractivity contribution in [1.82, 2.24) is 0 Å². The fourth-order valence-electron chi connectivity index (χ4n) is 1.58. The first-order valence-electron chi connectivity index (χ1n) is 6.53. The van der Waals surface area contributed by atoms with Gasteiger partial charge >= 0.3 is 46.1 Å². The first-order chi connectivity index (χ1) is 12.6. The summed E-state index contributed by atoms with van der Waals surface area (Å²) in [5.41, 5.74) is 0. The lowest BCUT2D eigenvalue weighted by Crippen LogP contribution is -2.70. The number of halogens is 13. The Morgan fingerprint density at radius 1 is 0.586 bits per heavy atom. The van der Waals surface area contributed by atoms with Crippen LogP contribution in [0.15, 0.2) is 35.2 Å². The van der Waals surface area contributed by atoms with Gasteiger partial charge < -0.3 is 0 Å². The van der Waals surface area contributed by atoms with Crippen molar-refractivity contribution in [2.24, 2.45) is 0 Å². The molecule has 0 fully saturated rings. The molecule has 0 aliphatic carbocycles. The topological polar surface area (TPSA) is 43.4 Å². The molecule has 0 aliphatic heterocycles. The lowest BCUT2D eigenvalue weighted by Gasteiger charge is -2.38. The van der Waals surface area contributed by atoms with Crippen molar-refractivity contribution in [3.05, 3.63) is 30.3 Å². The lowest BCUT2D eigenvalue weighted by atomic mass is 9.97. The third-order valence-electron chi connectivity index (χ3n) is 3.15. The van der Waals surface area contributed by atoms with Crippen LogP contribution in [0.4, 0.5) is 57.1 Å². The Kier molecular flexibility index (Phi) is 6.00. The summed E-state index contributed by atoms with van der Waals surface area (Å²) in [6.45, 7) is 0. The zero-order valence-corrected chi connectivity index (χ0v) is 13.7. The number of hydrogen-bond acceptors (Lipinski definition) is 3. The maximum Gasteiger partial charge on any atom is 0.460 e. The minimum Gasteiger partial charge on any atom is -0.194 e. The maximum absolute atomic E-state index is 13.4. The number of rotatable bonds is 7. The largest absolute Gasteiger partial charge is 0.460 e. The second kappa shape index (κ2) is 6.88. The Balaban J connectivity index is 3.47. The molecule has 29 heavy (non-hydrogen) atoms. The first kappa shape index (κ1) is 25.3. The number of alkyl halides is 13. The molecule has 0 atom stereocenters. The van der Waals surface area contributed by atoms with Crippen LogP contribution in [-0.4, -0.2) is 44.4 Å². The van der Waals surface area contributed by atoms with Crippen LogP contribution in [0, 0.1) is 0 Å². The zero-order chi connectivity index (χ0) is 23.3. The molecule has 0 spiro atoms. The van der Waals surface area contributed by atoms with Gasteiger partial charge in [0.05, 0.1) is 4.90 Å². The summed E-state index contributed by atoms with van der Waals surface area (Å²) in [6.07, 6.45) is -14.8. The molecule has 1 rings (SSSR count). The number of benzene rings is 1. The summed E-state index contributed by atoms with van der Waals surface area (Å²) >= 11 is 0. The highest BCUT2D eigenvalue weighted by Gasteiger charge is 2.91. The van der Waals surface area contributed by atoms with Crippen LogP contribution < -0.4 is 0 Å². The third-order valence-corrected chi connectivity index (χ3v) is 4.43. The van der Waals surface area contributed by atoms with Crippen molar-refractivity contribution >= 4 is 10.1 Å². The van der Waals surface area contributed by atoms with Crippen LogP contribution in [0.5, 0.6) is 0 Å². The molecule has 0 bridgehead atoms. The van der Waals surface area contributed by atoms with Crippen molar-refractivity contribution in [1.29, 1.82) is 0 Å². The molecular weight excluding hydrogens is 471 g/mol. The average molecular weight is 476 g/mol. The smallest absolute Gasteiger partial charge is 0.194 e. The van der Waals surface area contributed by atoms with Gasteiger partial charge in [-0.1, -0.05) is 18.2 Å². The van der Waals surface area contributed by atoms with E-state index >= 15 is 0 Å². The third kappa shape index (κ3) is 3.85. The molecule has 0 saturated carbocycles. The summed E-state index contributed by atoms with van der Waals surface area (Å²) in [7, 11) is -6.09. The molecule has 1 aromatic rings. The van der Waals surface area contributed by atoms with Gasteiger partial charge in [-0.2, -0.15) is 69.7 Å². The molecule has 0 N–H and O–H groups in total. The quantitative estimate of drug-likeness (QED) is 0.407. The van der Waals surface area contributed by atoms with Gasteiger partial charge in [-0.05, 0) is 12.1 Å². The van der Waals surface area contributed by atoms with Gasteiger partial charge in [-0.3, -0.25) is 0 Å². The van der Waals surface area contributed by atoms with Gasteiger partial charge in [0.1, 0.15) is 0 Å². The summed E-state index contributed by atoms with van der Waals surface area (Å²) in [5, 5.41) is 0. The molecule has 0 heterocycles. The predicted octanol–water partition coefficient (Wildman–Crippen LogP) is 5.09. The first-order valence-corrected chi connectivity index (χ1v) is 7.93. The summed E-state index contributed by atoms with van der Waals surface area (Å²) in [6, 6.07) is 3.43. The minimum absolute atomic E-state index is 0.397. The SMILES string of the molecule is O=S(=O)(OC(F)(F)C(F)(F)C(F)(F)C(F)(F)C(F)(F)C(F)(F)F)c1ccccc1. The molecule has 3 nitrogen and oxygen atoms in total. The molecule has 0 aliphatic rings. The van der Waals surface area contributed by atoms with E-state index in [1.807, 2.05) is 0 Å². The van der Waals surface area contributed by atoms with Gasteiger partial charge in [0, 0.05) is 0 Å². The summed E-state index contributed by atoms with van der Waals surface area (Å²) in [5.74, 6) is -32.1. The van der Waals surface area contributed by atoms with Crippen LogP contribution in [0.2, 0.25) is 0 Å². The Morgan fingerprint density at radius 2 is 0.966 bits per heavy atom. The van der Waals surface area contributed by atoms with Crippen LogP contribution in [-0.2, 0) is 14.3 Å². The molecule has 0 amide bonds. The molecule has 17 heteroatoms. The van der Waals surface area contributed by atoms with Crippen LogP contribution in [0.1, 0.15) is 0 Å². The standard InChI is InChI=1S/C12H5F13O3S/c13-7(14,9(17,18)11(21,22)23)8(15,16)10(19,20)12(24,25)28-29(26,27)6-4-2-1-3-5-6/h1-5H. The van der Waals surface area contributed by atoms with E-state index < -0.39 is 51.0 Å². The van der Waals surface area contributed by atoms with Gasteiger partial charge in [0.25, 0.3) is 0 Å². The second-order valence-electron chi connectivity index (χ2n) is 5.16. The summed E-state index contributed by atoms with van der Waals surface area (Å²) in [4.78, 5) is -1.38. The van der Waals surface area contributed by atoms with Crippen molar-refractivity contribution < 1.29 is 69.7 Å². The van der Waals surface area contributed by atoms with Crippen molar-refractivity contribution in [3.63, 3.8) is 0 Å². The second-order valence-corrected chi connectivity index (χ2v) is 6.71. The van der Waals surface area contributed by atoms with Crippen LogP contribution in [0.3, 0.4) is 0 Å². The maximum atomic E-state index is 13.4. The molecule has 0 radical (unpaired) electrons. The Morgan fingerprint density at radius 3 is 1.34 bits per heavy atom. The minimum atomic E-state index is -8.15. The lowest BCUT2D eigenvalue weighted by molar-refractivity contribution is -0.456. The Labute approximate surface area is 152 Å². The van der Waals surface area contributed by atoms with Crippen molar-refractivity contribution in [3.8, 4) is 0 Å². The van der Waals surface area contributed by atoms with E-state index in [1.165, 1.54) is 0 Å². The van der Waals surface area contributed by atoms with Gasteiger partial charge in [0.15, 0.2) is 0 Å². The van der Waals surface area contributed by atoms with Crippen LogP contribution in [0.25, 0.3) is 0 Å². The summed E-state index contributed by atoms with van der Waals surface area (Å²) < 4.78 is 192. The molecular formula is C12H5F13O3S.